The largest absolute Gasteiger partial charge is 0.355 e. The molecule has 0 heterocycles. The molecule has 34 heavy (non-hydrogen) atoms. The summed E-state index contributed by atoms with van der Waals surface area (Å²) in [5.74, 6) is 1.67. The Balaban J connectivity index is 3.48. The Morgan fingerprint density at radius 2 is 1.24 bits per heavy atom. The van der Waals surface area contributed by atoms with E-state index in [0.29, 0.717) is 19.5 Å². The number of carbonyl (C=O) groups excluding carboxylic acids is 2. The number of hydrogen-bond donors (Lipinski definition) is 3. The molecule has 0 aromatic heterocycles. The van der Waals surface area contributed by atoms with Crippen LogP contribution in [0, 0.1) is 0 Å². The Morgan fingerprint density at radius 3 is 1.74 bits per heavy atom. The molecule has 4 N–H and O–H groups in total. The van der Waals surface area contributed by atoms with Gasteiger partial charge in [-0.05, 0) is 51.9 Å². The molecule has 0 aliphatic rings. The van der Waals surface area contributed by atoms with Gasteiger partial charge in [0.1, 0.15) is 0 Å². The second-order valence-corrected chi connectivity index (χ2v) is 10.4. The van der Waals surface area contributed by atoms with E-state index in [0.717, 1.165) is 56.5 Å². The monoisotopic (exact) mass is 507 g/mol. The molecule has 0 saturated carbocycles. The maximum absolute atomic E-state index is 11.8. The van der Waals surface area contributed by atoms with Gasteiger partial charge in [-0.2, -0.15) is 0 Å². The SMILES string of the molecule is CC/C=C\C/C=C\C/C=C\C/C=C\C/C=C\CCCC(=O)NCCSSCCNC(=O)[C@H](C)N. The first-order valence-electron chi connectivity index (χ1n) is 12.4. The van der Waals surface area contributed by atoms with Crippen molar-refractivity contribution in [1.82, 2.24) is 10.6 Å². The lowest BCUT2D eigenvalue weighted by atomic mass is 10.2. The second-order valence-electron chi connectivity index (χ2n) is 7.67. The number of allylic oxidation sites excluding steroid dienone is 10. The summed E-state index contributed by atoms with van der Waals surface area (Å²) >= 11 is 0. The highest BCUT2D eigenvalue weighted by Crippen LogP contribution is 2.19. The smallest absolute Gasteiger partial charge is 0.236 e. The number of hydrogen-bond acceptors (Lipinski definition) is 5. The fraction of sp³-hybridized carbons (Fsp3) is 0.556. The zero-order valence-corrected chi connectivity index (χ0v) is 22.7. The molecular weight excluding hydrogens is 462 g/mol. The van der Waals surface area contributed by atoms with Crippen molar-refractivity contribution in [3.63, 3.8) is 0 Å². The molecule has 0 fully saturated rings. The van der Waals surface area contributed by atoms with E-state index in [2.05, 4.69) is 78.3 Å². The van der Waals surface area contributed by atoms with Crippen molar-refractivity contribution >= 4 is 33.4 Å². The molecule has 7 heteroatoms. The summed E-state index contributed by atoms with van der Waals surface area (Å²) in [5, 5.41) is 5.73. The highest BCUT2D eigenvalue weighted by atomic mass is 33.1. The summed E-state index contributed by atoms with van der Waals surface area (Å²) in [5.41, 5.74) is 5.48. The van der Waals surface area contributed by atoms with E-state index in [1.807, 2.05) is 0 Å². The predicted molar refractivity (Wildman–Crippen MR) is 153 cm³/mol. The molecule has 2 amide bonds. The van der Waals surface area contributed by atoms with E-state index in [1.54, 1.807) is 28.5 Å². The Morgan fingerprint density at radius 1 is 0.765 bits per heavy atom. The third-order valence-electron chi connectivity index (χ3n) is 4.42. The molecule has 0 unspecified atom stereocenters. The number of amides is 2. The minimum absolute atomic E-state index is 0.113. The fourth-order valence-corrected chi connectivity index (χ4v) is 4.38. The first kappa shape index (κ1) is 32.3. The van der Waals surface area contributed by atoms with Crippen LogP contribution in [-0.4, -0.2) is 42.5 Å². The third kappa shape index (κ3) is 24.9. The van der Waals surface area contributed by atoms with Crippen molar-refractivity contribution in [2.24, 2.45) is 5.73 Å². The predicted octanol–water partition coefficient (Wildman–Crippen LogP) is 5.87. The van der Waals surface area contributed by atoms with Crippen molar-refractivity contribution in [3.8, 4) is 0 Å². The van der Waals surface area contributed by atoms with Crippen molar-refractivity contribution in [3.05, 3.63) is 60.8 Å². The van der Waals surface area contributed by atoms with Crippen LogP contribution in [0.1, 0.15) is 65.2 Å². The average molecular weight is 508 g/mol. The molecule has 0 rings (SSSR count). The summed E-state index contributed by atoms with van der Waals surface area (Å²) in [4.78, 5) is 23.1. The van der Waals surface area contributed by atoms with Gasteiger partial charge in [0.25, 0.3) is 0 Å². The normalized spacial score (nSPS) is 13.1. The highest BCUT2D eigenvalue weighted by molar-refractivity contribution is 8.76. The molecule has 0 spiro atoms. The van der Waals surface area contributed by atoms with Gasteiger partial charge in [0, 0.05) is 31.0 Å². The maximum atomic E-state index is 11.8. The third-order valence-corrected chi connectivity index (χ3v) is 6.83. The molecule has 1 atom stereocenters. The van der Waals surface area contributed by atoms with E-state index in [-0.39, 0.29) is 11.8 Å². The van der Waals surface area contributed by atoms with E-state index < -0.39 is 6.04 Å². The van der Waals surface area contributed by atoms with Crippen molar-refractivity contribution in [2.75, 3.05) is 24.6 Å². The first-order chi connectivity index (χ1) is 16.6. The molecule has 0 aromatic carbocycles. The van der Waals surface area contributed by atoms with Gasteiger partial charge in [0.15, 0.2) is 0 Å². The molecule has 0 aliphatic carbocycles. The lowest BCUT2D eigenvalue weighted by molar-refractivity contribution is -0.122. The van der Waals surface area contributed by atoms with Gasteiger partial charge in [0.2, 0.25) is 11.8 Å². The zero-order valence-electron chi connectivity index (χ0n) is 21.0. The van der Waals surface area contributed by atoms with Crippen LogP contribution in [0.2, 0.25) is 0 Å². The number of unbranched alkanes of at least 4 members (excludes halogenated alkanes) is 1. The molecule has 192 valence electrons. The van der Waals surface area contributed by atoms with Crippen LogP contribution in [0.25, 0.3) is 0 Å². The summed E-state index contributed by atoms with van der Waals surface area (Å²) in [6.07, 6.45) is 29.3. The van der Waals surface area contributed by atoms with E-state index in [1.165, 1.54) is 0 Å². The average Bonchev–Trinajstić information content (AvgIpc) is 2.82. The van der Waals surface area contributed by atoms with Crippen LogP contribution in [0.3, 0.4) is 0 Å². The van der Waals surface area contributed by atoms with Gasteiger partial charge >= 0.3 is 0 Å². The van der Waals surface area contributed by atoms with Crippen molar-refractivity contribution < 1.29 is 9.59 Å². The lowest BCUT2D eigenvalue weighted by Gasteiger charge is -2.07. The molecule has 0 saturated heterocycles. The van der Waals surface area contributed by atoms with Gasteiger partial charge in [0.05, 0.1) is 6.04 Å². The molecule has 0 aliphatic heterocycles. The van der Waals surface area contributed by atoms with E-state index >= 15 is 0 Å². The second kappa shape index (κ2) is 25.9. The maximum Gasteiger partial charge on any atom is 0.236 e. The summed E-state index contributed by atoms with van der Waals surface area (Å²) in [7, 11) is 3.38. The Kier molecular flexibility index (Phi) is 24.6. The molecule has 0 bridgehead atoms. The summed E-state index contributed by atoms with van der Waals surface area (Å²) in [6.45, 7) is 5.10. The Bertz CT molecular complexity index is 656. The Labute approximate surface area is 215 Å². The van der Waals surface area contributed by atoms with E-state index in [9.17, 15) is 9.59 Å². The zero-order chi connectivity index (χ0) is 25.1. The van der Waals surface area contributed by atoms with Gasteiger partial charge in [-0.3, -0.25) is 9.59 Å². The Hall–Kier alpha value is -1.70. The molecular formula is C27H45N3O2S2. The highest BCUT2D eigenvalue weighted by Gasteiger charge is 2.05. The quantitative estimate of drug-likeness (QED) is 0.103. The topological polar surface area (TPSA) is 84.2 Å². The van der Waals surface area contributed by atoms with Crippen LogP contribution < -0.4 is 16.4 Å². The van der Waals surface area contributed by atoms with Gasteiger partial charge < -0.3 is 16.4 Å². The minimum Gasteiger partial charge on any atom is -0.355 e. The van der Waals surface area contributed by atoms with E-state index in [4.69, 9.17) is 5.73 Å². The lowest BCUT2D eigenvalue weighted by Crippen LogP contribution is -2.39. The van der Waals surface area contributed by atoms with Crippen LogP contribution >= 0.6 is 21.6 Å². The standard InChI is InChI=1S/C27H45N3O2S2/c1-3-4-5-6-7-8-9-10-11-12-13-14-15-16-17-18-19-20-26(31)29-21-23-33-34-24-22-30-27(32)25(2)28/h4-5,7-8,10-11,13-14,16-17,25H,3,6,9,12,15,18-24,28H2,1-2H3,(H,29,31)(H,30,32)/b5-4-,8-7-,11-10-,14-13-,17-16-/t25-/m0/s1. The van der Waals surface area contributed by atoms with Crippen molar-refractivity contribution in [2.45, 2.75) is 71.3 Å². The van der Waals surface area contributed by atoms with Gasteiger partial charge in [-0.15, -0.1) is 0 Å². The molecule has 0 aromatic rings. The summed E-state index contributed by atoms with van der Waals surface area (Å²) < 4.78 is 0. The number of nitrogens with one attached hydrogen (secondary N) is 2. The van der Waals surface area contributed by atoms with Crippen molar-refractivity contribution in [1.29, 1.82) is 0 Å². The van der Waals surface area contributed by atoms with Gasteiger partial charge in [-0.1, -0.05) is 89.3 Å². The van der Waals surface area contributed by atoms with Gasteiger partial charge in [-0.25, -0.2) is 0 Å². The van der Waals surface area contributed by atoms with Crippen LogP contribution in [-0.2, 0) is 9.59 Å². The van der Waals surface area contributed by atoms with Crippen LogP contribution in [0.15, 0.2) is 60.8 Å². The first-order valence-corrected chi connectivity index (χ1v) is 14.9. The van der Waals surface area contributed by atoms with Crippen LogP contribution in [0.5, 0.6) is 0 Å². The minimum atomic E-state index is -0.464. The van der Waals surface area contributed by atoms with Crippen LogP contribution in [0.4, 0.5) is 0 Å². The molecule has 5 nitrogen and oxygen atoms in total. The molecule has 0 radical (unpaired) electrons. The summed E-state index contributed by atoms with van der Waals surface area (Å²) in [6, 6.07) is -0.464. The fourth-order valence-electron chi connectivity index (χ4n) is 2.56. The number of rotatable bonds is 21. The number of nitrogens with two attached hydrogens (primary N) is 1. The number of carbonyl (C=O) groups is 2.